The van der Waals surface area contributed by atoms with Gasteiger partial charge in [0.25, 0.3) is 0 Å². The van der Waals surface area contributed by atoms with Crippen LogP contribution in [0.3, 0.4) is 0 Å². The molecule has 4 nitrogen and oxygen atoms in total. The van der Waals surface area contributed by atoms with Gasteiger partial charge < -0.3 is 9.88 Å². The van der Waals surface area contributed by atoms with Crippen LogP contribution < -0.4 is 5.32 Å². The van der Waals surface area contributed by atoms with Gasteiger partial charge in [0, 0.05) is 32.2 Å². The summed E-state index contributed by atoms with van der Waals surface area (Å²) in [4.78, 5) is 0. The summed E-state index contributed by atoms with van der Waals surface area (Å²) in [5.74, 6) is 0. The van der Waals surface area contributed by atoms with Crippen LogP contribution >= 0.6 is 12.4 Å². The van der Waals surface area contributed by atoms with E-state index in [1.807, 2.05) is 38.8 Å². The van der Waals surface area contributed by atoms with Crippen molar-refractivity contribution < 1.29 is 0 Å². The van der Waals surface area contributed by atoms with Crippen molar-refractivity contribution in [1.29, 1.82) is 0 Å². The monoisotopic (exact) mass is 226 g/mol. The minimum Gasteiger partial charge on any atom is -0.377 e. The van der Waals surface area contributed by atoms with Crippen LogP contribution in [0.4, 0.5) is 5.69 Å². The molecule has 0 fully saturated rings. The Hall–Kier alpha value is -1.42. The fourth-order valence-corrected chi connectivity index (χ4v) is 1.39. The highest BCUT2D eigenvalue weighted by molar-refractivity contribution is 5.85. The molecule has 0 aromatic carbocycles. The molecule has 0 unspecified atom stereocenters. The molecule has 2 rings (SSSR count). The molecule has 1 N–H and O–H groups in total. The standard InChI is InChI=1S/C10H14N4.ClH/c1-13-5-3-4-10(13)7-11-9-6-12-14(2)8-9;/h3-6,8,11H,7H2,1-2H3;1H. The van der Waals surface area contributed by atoms with Gasteiger partial charge in [0.05, 0.1) is 18.4 Å². The summed E-state index contributed by atoms with van der Waals surface area (Å²) in [5.41, 5.74) is 2.31. The Bertz CT molecular complexity index is 418. The highest BCUT2D eigenvalue weighted by Gasteiger charge is 1.98. The normalized spacial score (nSPS) is 9.73. The maximum atomic E-state index is 4.09. The van der Waals surface area contributed by atoms with Crippen LogP contribution in [0.15, 0.2) is 30.7 Å². The molecule has 2 heterocycles. The van der Waals surface area contributed by atoms with Gasteiger partial charge in [0.1, 0.15) is 0 Å². The summed E-state index contributed by atoms with van der Waals surface area (Å²) in [6, 6.07) is 4.14. The molecule has 0 saturated heterocycles. The van der Waals surface area contributed by atoms with E-state index >= 15 is 0 Å². The highest BCUT2D eigenvalue weighted by Crippen LogP contribution is 2.07. The second-order valence-electron chi connectivity index (χ2n) is 3.37. The van der Waals surface area contributed by atoms with E-state index in [0.717, 1.165) is 12.2 Å². The molecule has 0 aliphatic heterocycles. The Balaban J connectivity index is 0.00000112. The topological polar surface area (TPSA) is 34.8 Å². The Morgan fingerprint density at radius 1 is 1.40 bits per heavy atom. The minimum atomic E-state index is 0. The maximum absolute atomic E-state index is 4.09. The summed E-state index contributed by atoms with van der Waals surface area (Å²) < 4.78 is 3.89. The van der Waals surface area contributed by atoms with Crippen molar-refractivity contribution in [1.82, 2.24) is 14.3 Å². The number of nitrogens with one attached hydrogen (secondary N) is 1. The number of rotatable bonds is 3. The molecule has 0 spiro atoms. The number of nitrogens with zero attached hydrogens (tertiary/aromatic N) is 3. The fourth-order valence-electron chi connectivity index (χ4n) is 1.39. The number of aryl methyl sites for hydroxylation is 2. The SMILES string of the molecule is Cl.Cn1cc(NCc2cccn2C)cn1. The van der Waals surface area contributed by atoms with Gasteiger partial charge in [-0.2, -0.15) is 5.10 Å². The first-order valence-electron chi connectivity index (χ1n) is 4.58. The van der Waals surface area contributed by atoms with Crippen LogP contribution in [-0.2, 0) is 20.6 Å². The summed E-state index contributed by atoms with van der Waals surface area (Å²) >= 11 is 0. The van der Waals surface area contributed by atoms with E-state index in [4.69, 9.17) is 0 Å². The first-order chi connectivity index (χ1) is 6.75. The lowest BCUT2D eigenvalue weighted by Crippen LogP contribution is -2.03. The van der Waals surface area contributed by atoms with Gasteiger partial charge in [-0.3, -0.25) is 4.68 Å². The third-order valence-corrected chi connectivity index (χ3v) is 2.23. The number of aromatic nitrogens is 3. The predicted octanol–water partition coefficient (Wildman–Crippen LogP) is 1.79. The first kappa shape index (κ1) is 11.7. The van der Waals surface area contributed by atoms with Crippen LogP contribution in [0, 0.1) is 0 Å². The molecule has 0 aliphatic rings. The Labute approximate surface area is 95.3 Å². The van der Waals surface area contributed by atoms with Crippen molar-refractivity contribution >= 4 is 18.1 Å². The number of anilines is 1. The van der Waals surface area contributed by atoms with Gasteiger partial charge in [-0.25, -0.2) is 0 Å². The predicted molar refractivity (Wildman–Crippen MR) is 63.2 cm³/mol. The molecule has 2 aromatic heterocycles. The molecule has 5 heteroatoms. The highest BCUT2D eigenvalue weighted by atomic mass is 35.5. The molecular formula is C10H15ClN4. The number of halogens is 1. The van der Waals surface area contributed by atoms with E-state index < -0.39 is 0 Å². The largest absolute Gasteiger partial charge is 0.377 e. The molecule has 0 aliphatic carbocycles. The lowest BCUT2D eigenvalue weighted by Gasteiger charge is -2.04. The minimum absolute atomic E-state index is 0. The average molecular weight is 227 g/mol. The van der Waals surface area contributed by atoms with Gasteiger partial charge in [-0.1, -0.05) is 0 Å². The van der Waals surface area contributed by atoms with Crippen LogP contribution in [0.2, 0.25) is 0 Å². The Morgan fingerprint density at radius 3 is 2.73 bits per heavy atom. The molecule has 15 heavy (non-hydrogen) atoms. The second-order valence-corrected chi connectivity index (χ2v) is 3.37. The van der Waals surface area contributed by atoms with Crippen molar-refractivity contribution in [3.63, 3.8) is 0 Å². The first-order valence-corrected chi connectivity index (χ1v) is 4.58. The number of hydrogen-bond donors (Lipinski definition) is 1. The zero-order chi connectivity index (χ0) is 9.97. The third kappa shape index (κ3) is 2.76. The van der Waals surface area contributed by atoms with Crippen molar-refractivity contribution in [3.8, 4) is 0 Å². The zero-order valence-corrected chi connectivity index (χ0v) is 9.66. The maximum Gasteiger partial charge on any atom is 0.0729 e. The van der Waals surface area contributed by atoms with Gasteiger partial charge in [-0.15, -0.1) is 12.4 Å². The van der Waals surface area contributed by atoms with Crippen molar-refractivity contribution in [2.45, 2.75) is 6.54 Å². The summed E-state index contributed by atoms with van der Waals surface area (Å²) in [6.07, 6.45) is 5.83. The second kappa shape index (κ2) is 4.89. The summed E-state index contributed by atoms with van der Waals surface area (Å²) in [6.45, 7) is 0.829. The van der Waals surface area contributed by atoms with Crippen molar-refractivity contribution in [3.05, 3.63) is 36.4 Å². The Morgan fingerprint density at radius 2 is 2.20 bits per heavy atom. The van der Waals surface area contributed by atoms with Gasteiger partial charge in [0.2, 0.25) is 0 Å². The molecule has 0 atom stereocenters. The molecule has 0 radical (unpaired) electrons. The molecular weight excluding hydrogens is 212 g/mol. The van der Waals surface area contributed by atoms with Crippen molar-refractivity contribution in [2.24, 2.45) is 14.1 Å². The van der Waals surface area contributed by atoms with E-state index in [1.54, 1.807) is 4.68 Å². The van der Waals surface area contributed by atoms with E-state index in [9.17, 15) is 0 Å². The van der Waals surface area contributed by atoms with E-state index in [0.29, 0.717) is 0 Å². The molecule has 82 valence electrons. The smallest absolute Gasteiger partial charge is 0.0729 e. The van der Waals surface area contributed by atoms with E-state index in [-0.39, 0.29) is 12.4 Å². The Kier molecular flexibility index (Phi) is 3.80. The third-order valence-electron chi connectivity index (χ3n) is 2.23. The van der Waals surface area contributed by atoms with Crippen LogP contribution in [0.5, 0.6) is 0 Å². The molecule has 0 amide bonds. The number of hydrogen-bond acceptors (Lipinski definition) is 2. The molecule has 0 bridgehead atoms. The molecule has 2 aromatic rings. The lowest BCUT2D eigenvalue weighted by atomic mass is 10.4. The fraction of sp³-hybridized carbons (Fsp3) is 0.300. The van der Waals surface area contributed by atoms with Gasteiger partial charge in [0.15, 0.2) is 0 Å². The molecule has 0 saturated carbocycles. The summed E-state index contributed by atoms with van der Waals surface area (Å²) in [7, 11) is 3.95. The average Bonchev–Trinajstić information content (AvgIpc) is 2.72. The van der Waals surface area contributed by atoms with E-state index in [1.165, 1.54) is 5.69 Å². The van der Waals surface area contributed by atoms with E-state index in [2.05, 4.69) is 21.0 Å². The summed E-state index contributed by atoms with van der Waals surface area (Å²) in [5, 5.41) is 7.39. The van der Waals surface area contributed by atoms with Gasteiger partial charge >= 0.3 is 0 Å². The van der Waals surface area contributed by atoms with Gasteiger partial charge in [-0.05, 0) is 12.1 Å². The van der Waals surface area contributed by atoms with Crippen LogP contribution in [0.1, 0.15) is 5.69 Å². The van der Waals surface area contributed by atoms with Crippen LogP contribution in [-0.4, -0.2) is 14.3 Å². The van der Waals surface area contributed by atoms with Crippen molar-refractivity contribution in [2.75, 3.05) is 5.32 Å². The quantitative estimate of drug-likeness (QED) is 0.866. The lowest BCUT2D eigenvalue weighted by molar-refractivity contribution is 0.767. The van der Waals surface area contributed by atoms with Crippen LogP contribution in [0.25, 0.3) is 0 Å². The zero-order valence-electron chi connectivity index (χ0n) is 8.84.